The van der Waals surface area contributed by atoms with Crippen molar-refractivity contribution >= 4 is 11.1 Å². The molecule has 0 radical (unpaired) electrons. The van der Waals surface area contributed by atoms with Crippen molar-refractivity contribution in [3.05, 3.63) is 18.2 Å². The number of hydrogen-bond acceptors (Lipinski definition) is 3. The fourth-order valence-electron chi connectivity index (χ4n) is 1.13. The molecule has 2 rings (SSSR count). The Labute approximate surface area is 77.8 Å². The van der Waals surface area contributed by atoms with Crippen LogP contribution in [0.3, 0.4) is 0 Å². The third-order valence-electron chi connectivity index (χ3n) is 1.72. The van der Waals surface area contributed by atoms with Crippen molar-refractivity contribution in [2.75, 3.05) is 13.2 Å². The van der Waals surface area contributed by atoms with E-state index >= 15 is 0 Å². The van der Waals surface area contributed by atoms with Gasteiger partial charge in [0.2, 0.25) is 0 Å². The second-order valence-corrected chi connectivity index (χ2v) is 3.52. The summed E-state index contributed by atoms with van der Waals surface area (Å²) in [7, 11) is 0. The Morgan fingerprint density at radius 2 is 1.92 bits per heavy atom. The molecule has 0 saturated carbocycles. The number of benzene rings is 1. The van der Waals surface area contributed by atoms with Gasteiger partial charge in [-0.3, -0.25) is 0 Å². The summed E-state index contributed by atoms with van der Waals surface area (Å²) in [6.07, 6.45) is 0. The zero-order valence-corrected chi connectivity index (χ0v) is 7.54. The second-order valence-electron chi connectivity index (χ2n) is 2.55. The van der Waals surface area contributed by atoms with E-state index < -0.39 is 11.1 Å². The number of ether oxygens (including phenoxy) is 2. The summed E-state index contributed by atoms with van der Waals surface area (Å²) in [5, 5.41) is 0. The molecule has 1 atom stereocenters. The molecule has 0 aliphatic carbocycles. The van der Waals surface area contributed by atoms with Gasteiger partial charge < -0.3 is 14.0 Å². The number of fused-ring (bicyclic) bond motifs is 1. The van der Waals surface area contributed by atoms with Gasteiger partial charge in [-0.15, -0.1) is 0 Å². The fraction of sp³-hybridized carbons (Fsp3) is 0.250. The molecule has 0 bridgehead atoms. The molecule has 0 fully saturated rings. The van der Waals surface area contributed by atoms with Gasteiger partial charge >= 0.3 is 0 Å². The van der Waals surface area contributed by atoms with Gasteiger partial charge in [-0.1, -0.05) is 0 Å². The van der Waals surface area contributed by atoms with Crippen LogP contribution in [0.1, 0.15) is 0 Å². The van der Waals surface area contributed by atoms with E-state index in [0.29, 0.717) is 29.6 Å². The second kappa shape index (κ2) is 3.35. The van der Waals surface area contributed by atoms with Crippen LogP contribution in [0.25, 0.3) is 0 Å². The van der Waals surface area contributed by atoms with E-state index in [-0.39, 0.29) is 0 Å². The predicted octanol–water partition coefficient (Wildman–Crippen LogP) is 1.04. The summed E-state index contributed by atoms with van der Waals surface area (Å²) in [6, 6.07) is 4.70. The molecule has 70 valence electrons. The van der Waals surface area contributed by atoms with E-state index in [1.807, 2.05) is 0 Å². The SMILES string of the molecule is O=S(O)c1ccc2c(c1)OCCO2. The highest BCUT2D eigenvalue weighted by Gasteiger charge is 2.12. The Hall–Kier alpha value is -1.07. The van der Waals surface area contributed by atoms with Gasteiger partial charge in [0, 0.05) is 6.07 Å². The first-order chi connectivity index (χ1) is 6.27. The van der Waals surface area contributed by atoms with Gasteiger partial charge in [-0.05, 0) is 12.1 Å². The average Bonchev–Trinajstić information content (AvgIpc) is 2.17. The van der Waals surface area contributed by atoms with Gasteiger partial charge in [-0.2, -0.15) is 0 Å². The van der Waals surface area contributed by atoms with E-state index in [1.54, 1.807) is 12.1 Å². The maximum absolute atomic E-state index is 10.7. The van der Waals surface area contributed by atoms with Gasteiger partial charge in [0.1, 0.15) is 13.2 Å². The van der Waals surface area contributed by atoms with Gasteiger partial charge in [0.25, 0.3) is 0 Å². The molecule has 5 heteroatoms. The van der Waals surface area contributed by atoms with Crippen LogP contribution in [0.4, 0.5) is 0 Å². The van der Waals surface area contributed by atoms with Crippen LogP contribution in [-0.2, 0) is 11.1 Å². The molecule has 1 N–H and O–H groups in total. The number of hydrogen-bond donors (Lipinski definition) is 1. The molecule has 1 unspecified atom stereocenters. The van der Waals surface area contributed by atoms with Gasteiger partial charge in [0.15, 0.2) is 22.6 Å². The highest BCUT2D eigenvalue weighted by atomic mass is 32.2. The van der Waals surface area contributed by atoms with Crippen molar-refractivity contribution < 1.29 is 18.2 Å². The smallest absolute Gasteiger partial charge is 0.186 e. The van der Waals surface area contributed by atoms with Crippen LogP contribution in [-0.4, -0.2) is 22.0 Å². The minimum atomic E-state index is -1.96. The number of rotatable bonds is 1. The van der Waals surface area contributed by atoms with Crippen LogP contribution in [0.2, 0.25) is 0 Å². The zero-order chi connectivity index (χ0) is 9.26. The van der Waals surface area contributed by atoms with Crippen LogP contribution >= 0.6 is 0 Å². The van der Waals surface area contributed by atoms with Crippen molar-refractivity contribution in [3.63, 3.8) is 0 Å². The Morgan fingerprint density at radius 3 is 2.62 bits per heavy atom. The van der Waals surface area contributed by atoms with E-state index in [2.05, 4.69) is 0 Å². The summed E-state index contributed by atoms with van der Waals surface area (Å²) in [5.74, 6) is 1.16. The minimum Gasteiger partial charge on any atom is -0.486 e. The fourth-order valence-corrected chi connectivity index (χ4v) is 1.52. The van der Waals surface area contributed by atoms with Gasteiger partial charge in [0.05, 0.1) is 4.90 Å². The molecule has 0 spiro atoms. The monoisotopic (exact) mass is 200 g/mol. The van der Waals surface area contributed by atoms with E-state index in [1.165, 1.54) is 6.07 Å². The molecule has 1 aliphatic rings. The Balaban J connectivity index is 2.40. The average molecular weight is 200 g/mol. The maximum Gasteiger partial charge on any atom is 0.186 e. The standard InChI is InChI=1S/C8H8O4S/c9-13(10)6-1-2-7-8(5-6)12-4-3-11-7/h1-2,5H,3-4H2,(H,9,10). The Kier molecular flexibility index (Phi) is 2.20. The highest BCUT2D eigenvalue weighted by molar-refractivity contribution is 7.79. The molecule has 0 saturated heterocycles. The molecular formula is C8H8O4S. The summed E-state index contributed by atoms with van der Waals surface area (Å²) >= 11 is -1.96. The van der Waals surface area contributed by atoms with Crippen molar-refractivity contribution in [2.24, 2.45) is 0 Å². The Bertz CT molecular complexity index is 350. The van der Waals surface area contributed by atoms with E-state index in [9.17, 15) is 4.21 Å². The first-order valence-electron chi connectivity index (χ1n) is 3.78. The quantitative estimate of drug-likeness (QED) is 0.688. The summed E-state index contributed by atoms with van der Waals surface area (Å²) in [6.45, 7) is 1.00. The maximum atomic E-state index is 10.7. The van der Waals surface area contributed by atoms with Crippen LogP contribution in [0.15, 0.2) is 23.1 Å². The molecule has 0 amide bonds. The lowest BCUT2D eigenvalue weighted by Gasteiger charge is -2.18. The van der Waals surface area contributed by atoms with Gasteiger partial charge in [-0.25, -0.2) is 4.21 Å². The molecular weight excluding hydrogens is 192 g/mol. The molecule has 1 aromatic rings. The third-order valence-corrected chi connectivity index (χ3v) is 2.37. The van der Waals surface area contributed by atoms with Crippen LogP contribution in [0, 0.1) is 0 Å². The van der Waals surface area contributed by atoms with Crippen LogP contribution in [0.5, 0.6) is 11.5 Å². The topological polar surface area (TPSA) is 55.8 Å². The summed E-state index contributed by atoms with van der Waals surface area (Å²) < 4.78 is 30.0. The lowest BCUT2D eigenvalue weighted by molar-refractivity contribution is 0.171. The van der Waals surface area contributed by atoms with E-state index in [0.717, 1.165) is 0 Å². The minimum absolute atomic E-state index is 0.323. The zero-order valence-electron chi connectivity index (χ0n) is 6.73. The molecule has 0 aromatic heterocycles. The molecule has 1 aliphatic heterocycles. The van der Waals surface area contributed by atoms with Crippen LogP contribution < -0.4 is 9.47 Å². The summed E-state index contributed by atoms with van der Waals surface area (Å²) in [4.78, 5) is 0.323. The normalized spacial score (nSPS) is 16.7. The first-order valence-corrected chi connectivity index (χ1v) is 4.88. The largest absolute Gasteiger partial charge is 0.486 e. The van der Waals surface area contributed by atoms with Crippen molar-refractivity contribution in [1.82, 2.24) is 0 Å². The van der Waals surface area contributed by atoms with Crippen molar-refractivity contribution in [1.29, 1.82) is 0 Å². The predicted molar refractivity (Wildman–Crippen MR) is 46.5 cm³/mol. The highest BCUT2D eigenvalue weighted by Crippen LogP contribution is 2.31. The lowest BCUT2D eigenvalue weighted by Crippen LogP contribution is -2.15. The summed E-state index contributed by atoms with van der Waals surface area (Å²) in [5.41, 5.74) is 0. The molecule has 13 heavy (non-hydrogen) atoms. The van der Waals surface area contributed by atoms with E-state index in [4.69, 9.17) is 14.0 Å². The van der Waals surface area contributed by atoms with Crippen molar-refractivity contribution in [2.45, 2.75) is 4.90 Å². The molecule has 4 nitrogen and oxygen atoms in total. The Morgan fingerprint density at radius 1 is 1.23 bits per heavy atom. The lowest BCUT2D eigenvalue weighted by atomic mass is 10.3. The molecule has 1 heterocycles. The first kappa shape index (κ1) is 8.52. The molecule has 1 aromatic carbocycles. The van der Waals surface area contributed by atoms with Crippen molar-refractivity contribution in [3.8, 4) is 11.5 Å². The third kappa shape index (κ3) is 1.66.